The summed E-state index contributed by atoms with van der Waals surface area (Å²) in [7, 11) is 1.32. The monoisotopic (exact) mass is 337 g/mol. The average Bonchev–Trinajstić information content (AvgIpc) is 2.44. The summed E-state index contributed by atoms with van der Waals surface area (Å²) in [5.74, 6) is -0.431. The van der Waals surface area contributed by atoms with Gasteiger partial charge in [-0.05, 0) is 28.1 Å². The van der Waals surface area contributed by atoms with Crippen LogP contribution in [-0.4, -0.2) is 22.6 Å². The van der Waals surface area contributed by atoms with Crippen LogP contribution in [0.4, 0.5) is 5.69 Å². The van der Waals surface area contributed by atoms with Crippen molar-refractivity contribution in [1.29, 1.82) is 0 Å². The molecule has 0 saturated heterocycles. The largest absolute Gasteiger partial charge is 0.465 e. The van der Waals surface area contributed by atoms with Crippen LogP contribution in [0.3, 0.4) is 0 Å². The van der Waals surface area contributed by atoms with E-state index in [2.05, 4.69) is 25.7 Å². The maximum Gasteiger partial charge on any atom is 0.339 e. The Kier molecular flexibility index (Phi) is 4.19. The molecule has 0 aliphatic heterocycles. The molecule has 7 heteroatoms. The van der Waals surface area contributed by atoms with Crippen LogP contribution in [0.15, 0.2) is 40.0 Å². The van der Waals surface area contributed by atoms with Gasteiger partial charge in [-0.25, -0.2) is 4.79 Å². The second-order valence-electron chi connectivity index (χ2n) is 4.09. The predicted octanol–water partition coefficient (Wildman–Crippen LogP) is 1.42. The van der Waals surface area contributed by atoms with Crippen LogP contribution in [0.5, 0.6) is 0 Å². The van der Waals surface area contributed by atoms with Gasteiger partial charge in [0, 0.05) is 18.6 Å². The van der Waals surface area contributed by atoms with E-state index in [1.807, 2.05) is 0 Å². The van der Waals surface area contributed by atoms with E-state index in [1.54, 1.807) is 29.1 Å². The number of hydrogen-bond acceptors (Lipinski definition) is 5. The van der Waals surface area contributed by atoms with Gasteiger partial charge in [-0.1, -0.05) is 0 Å². The molecule has 0 atom stereocenters. The van der Waals surface area contributed by atoms with E-state index in [0.29, 0.717) is 16.6 Å². The fourth-order valence-electron chi connectivity index (χ4n) is 1.65. The summed E-state index contributed by atoms with van der Waals surface area (Å²) in [6.07, 6.45) is 4.62. The summed E-state index contributed by atoms with van der Waals surface area (Å²) < 4.78 is 6.73. The Bertz CT molecular complexity index is 669. The summed E-state index contributed by atoms with van der Waals surface area (Å²) in [6.45, 7) is 0.435. The van der Waals surface area contributed by atoms with Crippen molar-refractivity contribution in [3.05, 3.63) is 56.7 Å². The van der Waals surface area contributed by atoms with Crippen LogP contribution in [0, 0.1) is 0 Å². The van der Waals surface area contributed by atoms with E-state index in [9.17, 15) is 9.59 Å². The Morgan fingerprint density at radius 1 is 1.45 bits per heavy atom. The lowest BCUT2D eigenvalue weighted by atomic mass is 10.2. The molecule has 2 heterocycles. The molecule has 0 fully saturated rings. The van der Waals surface area contributed by atoms with E-state index in [0.717, 1.165) is 5.69 Å². The van der Waals surface area contributed by atoms with Crippen molar-refractivity contribution >= 4 is 27.6 Å². The highest BCUT2D eigenvalue weighted by molar-refractivity contribution is 9.10. The molecule has 0 aromatic carbocycles. The van der Waals surface area contributed by atoms with Crippen LogP contribution in [0.1, 0.15) is 16.1 Å². The summed E-state index contributed by atoms with van der Waals surface area (Å²) in [6, 6.07) is 3.35. The van der Waals surface area contributed by atoms with Gasteiger partial charge in [-0.3, -0.25) is 9.78 Å². The maximum absolute atomic E-state index is 11.5. The number of pyridine rings is 2. The first-order valence-corrected chi connectivity index (χ1v) is 6.49. The first-order chi connectivity index (χ1) is 9.51. The molecule has 104 valence electrons. The zero-order chi connectivity index (χ0) is 14.7. The lowest BCUT2D eigenvalue weighted by Gasteiger charge is -2.08. The highest BCUT2D eigenvalue weighted by atomic mass is 79.9. The molecule has 2 N–H and O–H groups in total. The Balaban J connectivity index is 2.22. The number of carbonyl (C=O) groups excluding carboxylic acids is 1. The predicted molar refractivity (Wildman–Crippen MR) is 77.5 cm³/mol. The number of aromatic nitrogens is 2. The number of nitrogens with two attached hydrogens (primary N) is 1. The topological polar surface area (TPSA) is 87.2 Å². The lowest BCUT2D eigenvalue weighted by Crippen LogP contribution is -2.14. The summed E-state index contributed by atoms with van der Waals surface area (Å²) in [5, 5.41) is 0. The number of nitrogens with zero attached hydrogens (tertiary/aromatic N) is 2. The summed E-state index contributed by atoms with van der Waals surface area (Å²) in [4.78, 5) is 26.9. The molecule has 0 radical (unpaired) electrons. The number of nitrogen functional groups attached to an aromatic ring is 1. The van der Waals surface area contributed by atoms with E-state index in [1.165, 1.54) is 13.3 Å². The van der Waals surface area contributed by atoms with Crippen LogP contribution < -0.4 is 11.2 Å². The molecular weight excluding hydrogens is 326 g/mol. The Morgan fingerprint density at radius 2 is 2.20 bits per heavy atom. The van der Waals surface area contributed by atoms with Gasteiger partial charge in [-0.15, -0.1) is 0 Å². The van der Waals surface area contributed by atoms with Crippen LogP contribution in [-0.2, 0) is 11.3 Å². The number of carbonyl (C=O) groups is 1. The molecule has 0 unspecified atom stereocenters. The fourth-order valence-corrected chi connectivity index (χ4v) is 2.14. The molecule has 6 nitrogen and oxygen atoms in total. The number of methoxy groups -OCH3 is 1. The Hall–Kier alpha value is -2.15. The van der Waals surface area contributed by atoms with Gasteiger partial charge in [0.25, 0.3) is 0 Å². The van der Waals surface area contributed by atoms with Gasteiger partial charge in [0.05, 0.1) is 35.1 Å². The van der Waals surface area contributed by atoms with Crippen molar-refractivity contribution in [3.8, 4) is 0 Å². The molecule has 2 aromatic heterocycles. The Labute approximate surface area is 123 Å². The minimum Gasteiger partial charge on any atom is -0.465 e. The molecule has 0 aliphatic carbocycles. The number of hydrogen-bond donors (Lipinski definition) is 1. The van der Waals surface area contributed by atoms with Crippen molar-refractivity contribution in [2.45, 2.75) is 6.54 Å². The average molecular weight is 338 g/mol. The van der Waals surface area contributed by atoms with Gasteiger partial charge in [0.15, 0.2) is 0 Å². The third kappa shape index (κ3) is 3.05. The van der Waals surface area contributed by atoms with E-state index in [-0.39, 0.29) is 11.1 Å². The highest BCUT2D eigenvalue weighted by Gasteiger charge is 2.07. The molecule has 0 spiro atoms. The number of rotatable bonds is 3. The number of halogens is 1. The highest BCUT2D eigenvalue weighted by Crippen LogP contribution is 2.09. The minimum atomic E-state index is -0.431. The first-order valence-electron chi connectivity index (χ1n) is 5.69. The molecule has 0 saturated carbocycles. The van der Waals surface area contributed by atoms with Crippen molar-refractivity contribution < 1.29 is 9.53 Å². The van der Waals surface area contributed by atoms with Crippen LogP contribution in [0.25, 0.3) is 0 Å². The third-order valence-corrected chi connectivity index (χ3v) is 3.22. The first kappa shape index (κ1) is 14.3. The van der Waals surface area contributed by atoms with Gasteiger partial charge < -0.3 is 15.0 Å². The fraction of sp³-hybridized carbons (Fsp3) is 0.154. The molecule has 0 aliphatic rings. The normalized spacial score (nSPS) is 10.3. The zero-order valence-electron chi connectivity index (χ0n) is 10.7. The molecule has 0 bridgehead atoms. The lowest BCUT2D eigenvalue weighted by molar-refractivity contribution is 0.0600. The van der Waals surface area contributed by atoms with Crippen molar-refractivity contribution in [1.82, 2.24) is 9.55 Å². The summed E-state index contributed by atoms with van der Waals surface area (Å²) in [5.41, 5.74) is 6.64. The van der Waals surface area contributed by atoms with Gasteiger partial charge in [-0.2, -0.15) is 0 Å². The zero-order valence-corrected chi connectivity index (χ0v) is 12.3. The quantitative estimate of drug-likeness (QED) is 0.856. The van der Waals surface area contributed by atoms with Crippen molar-refractivity contribution in [2.24, 2.45) is 0 Å². The van der Waals surface area contributed by atoms with E-state index >= 15 is 0 Å². The smallest absolute Gasteiger partial charge is 0.339 e. The number of esters is 1. The van der Waals surface area contributed by atoms with Crippen LogP contribution >= 0.6 is 15.9 Å². The standard InChI is InChI=1S/C13H12BrN3O3/c1-20-13(19)8-2-3-9(16-4-8)5-17-6-10(14)12(18)11(15)7-17/h2-4,6-7H,5,15H2,1H3. The maximum atomic E-state index is 11.5. The third-order valence-electron chi connectivity index (χ3n) is 2.65. The molecule has 2 aromatic rings. The summed E-state index contributed by atoms with van der Waals surface area (Å²) >= 11 is 3.16. The van der Waals surface area contributed by atoms with Gasteiger partial charge in [0.2, 0.25) is 5.43 Å². The molecule has 2 rings (SSSR count). The van der Waals surface area contributed by atoms with Crippen molar-refractivity contribution in [3.63, 3.8) is 0 Å². The van der Waals surface area contributed by atoms with E-state index in [4.69, 9.17) is 5.73 Å². The second kappa shape index (κ2) is 5.87. The van der Waals surface area contributed by atoms with Crippen molar-refractivity contribution in [2.75, 3.05) is 12.8 Å². The van der Waals surface area contributed by atoms with Crippen LogP contribution in [0.2, 0.25) is 0 Å². The van der Waals surface area contributed by atoms with E-state index < -0.39 is 5.97 Å². The molecule has 0 amide bonds. The number of ether oxygens (including phenoxy) is 1. The SMILES string of the molecule is COC(=O)c1ccc(Cn2cc(N)c(=O)c(Br)c2)nc1. The molecule has 20 heavy (non-hydrogen) atoms. The Morgan fingerprint density at radius 3 is 2.75 bits per heavy atom. The van der Waals surface area contributed by atoms with Gasteiger partial charge in [0.1, 0.15) is 0 Å². The van der Waals surface area contributed by atoms with Gasteiger partial charge >= 0.3 is 5.97 Å². The molecular formula is C13H12BrN3O3. The minimum absolute atomic E-state index is 0.158. The number of anilines is 1. The second-order valence-corrected chi connectivity index (χ2v) is 4.95.